The minimum Gasteiger partial charge on any atom is -0.349 e. The largest absolute Gasteiger partial charge is 0.349 e. The van der Waals surface area contributed by atoms with Crippen molar-refractivity contribution in [3.63, 3.8) is 0 Å². The molecular formula is C18H18ClN5O. The maximum Gasteiger partial charge on any atom is 0.281 e. The Labute approximate surface area is 149 Å². The van der Waals surface area contributed by atoms with Crippen LogP contribution in [0.2, 0.25) is 5.02 Å². The van der Waals surface area contributed by atoms with Crippen LogP contribution in [0.4, 0.5) is 5.95 Å². The molecule has 2 aromatic heterocycles. The van der Waals surface area contributed by atoms with E-state index in [1.54, 1.807) is 4.57 Å². The van der Waals surface area contributed by atoms with Crippen molar-refractivity contribution in [1.29, 1.82) is 0 Å². The van der Waals surface area contributed by atoms with E-state index in [1.807, 2.05) is 38.1 Å². The van der Waals surface area contributed by atoms with Crippen molar-refractivity contribution in [2.45, 2.75) is 38.8 Å². The van der Waals surface area contributed by atoms with Crippen molar-refractivity contribution < 1.29 is 0 Å². The van der Waals surface area contributed by atoms with Gasteiger partial charge < -0.3 is 5.32 Å². The Hall–Kier alpha value is -2.47. The number of nitrogens with zero attached hydrogens (tertiary/aromatic N) is 4. The molecule has 3 heterocycles. The summed E-state index contributed by atoms with van der Waals surface area (Å²) in [6, 6.07) is 7.83. The number of anilines is 1. The zero-order valence-electron chi connectivity index (χ0n) is 14.0. The van der Waals surface area contributed by atoms with E-state index in [0.717, 1.165) is 17.7 Å². The van der Waals surface area contributed by atoms with Crippen molar-refractivity contribution in [3.05, 3.63) is 57.2 Å². The van der Waals surface area contributed by atoms with Gasteiger partial charge in [-0.05, 0) is 30.0 Å². The molecule has 6 nitrogen and oxygen atoms in total. The molecule has 7 heteroatoms. The summed E-state index contributed by atoms with van der Waals surface area (Å²) >= 11 is 5.97. The maximum atomic E-state index is 12.8. The fraction of sp³-hybridized carbons (Fsp3) is 0.333. The Morgan fingerprint density at radius 3 is 2.68 bits per heavy atom. The van der Waals surface area contributed by atoms with E-state index in [1.165, 1.54) is 6.33 Å². The molecule has 25 heavy (non-hydrogen) atoms. The lowest BCUT2D eigenvalue weighted by Gasteiger charge is -2.28. The fourth-order valence-corrected chi connectivity index (χ4v) is 3.35. The third-order valence-corrected chi connectivity index (χ3v) is 4.79. The van der Waals surface area contributed by atoms with Crippen molar-refractivity contribution in [2.75, 3.05) is 5.32 Å². The first-order chi connectivity index (χ1) is 12.0. The van der Waals surface area contributed by atoms with Gasteiger partial charge in [0.1, 0.15) is 11.8 Å². The second-order valence-electron chi connectivity index (χ2n) is 6.54. The van der Waals surface area contributed by atoms with Crippen LogP contribution in [0.5, 0.6) is 0 Å². The number of hydrogen-bond acceptors (Lipinski definition) is 5. The van der Waals surface area contributed by atoms with Crippen LogP contribution in [0, 0.1) is 0 Å². The van der Waals surface area contributed by atoms with Gasteiger partial charge in [0.15, 0.2) is 5.52 Å². The Morgan fingerprint density at radius 1 is 1.20 bits per heavy atom. The van der Waals surface area contributed by atoms with Crippen LogP contribution in [0.1, 0.15) is 43.5 Å². The summed E-state index contributed by atoms with van der Waals surface area (Å²) < 4.78 is 1.66. The highest BCUT2D eigenvalue weighted by atomic mass is 35.5. The molecule has 0 spiro atoms. The average molecular weight is 356 g/mol. The number of aromatic nitrogens is 4. The molecule has 0 bridgehead atoms. The second kappa shape index (κ2) is 6.11. The molecule has 1 N–H and O–H groups in total. The molecule has 0 amide bonds. The Bertz CT molecular complexity index is 997. The lowest BCUT2D eigenvalue weighted by atomic mass is 10.0. The zero-order chi connectivity index (χ0) is 17.6. The lowest BCUT2D eigenvalue weighted by molar-refractivity contribution is 0.525. The highest BCUT2D eigenvalue weighted by Crippen LogP contribution is 2.29. The molecule has 0 aliphatic carbocycles. The molecule has 1 aliphatic heterocycles. The predicted molar refractivity (Wildman–Crippen MR) is 98.1 cm³/mol. The van der Waals surface area contributed by atoms with Crippen LogP contribution in [0.25, 0.3) is 11.0 Å². The lowest BCUT2D eigenvalue weighted by Crippen LogP contribution is -2.32. The van der Waals surface area contributed by atoms with Crippen molar-refractivity contribution in [1.82, 2.24) is 19.5 Å². The third-order valence-electron chi connectivity index (χ3n) is 4.54. The van der Waals surface area contributed by atoms with Gasteiger partial charge in [-0.25, -0.2) is 15.0 Å². The zero-order valence-corrected chi connectivity index (χ0v) is 14.8. The molecule has 1 aliphatic rings. The number of nitrogens with one attached hydrogen (secondary N) is 1. The smallest absolute Gasteiger partial charge is 0.281 e. The quantitative estimate of drug-likeness (QED) is 0.761. The van der Waals surface area contributed by atoms with Gasteiger partial charge in [-0.2, -0.15) is 0 Å². The highest BCUT2D eigenvalue weighted by molar-refractivity contribution is 6.30. The van der Waals surface area contributed by atoms with Crippen LogP contribution in [0.15, 0.2) is 35.4 Å². The standard InChI is InChI=1S/C18H18ClN5O/c1-10(2)14-15-16(21-9-20-14)17(25)24-8-7-13(22-18(24)23-15)11-3-5-12(19)6-4-11/h3-6,9-10,13H,7-8H2,1-2H3,(H,22,23). The summed E-state index contributed by atoms with van der Waals surface area (Å²) in [6.07, 6.45) is 2.24. The molecular weight excluding hydrogens is 338 g/mol. The van der Waals surface area contributed by atoms with E-state index >= 15 is 0 Å². The van der Waals surface area contributed by atoms with Gasteiger partial charge >= 0.3 is 0 Å². The Balaban J connectivity index is 1.81. The van der Waals surface area contributed by atoms with Crippen LogP contribution in [-0.2, 0) is 6.54 Å². The van der Waals surface area contributed by atoms with Gasteiger partial charge in [-0.3, -0.25) is 9.36 Å². The number of benzene rings is 1. The van der Waals surface area contributed by atoms with Gasteiger partial charge in [-0.1, -0.05) is 37.6 Å². The molecule has 0 saturated heterocycles. The molecule has 0 fully saturated rings. The SMILES string of the molecule is CC(C)c1ncnc2c(=O)n3c(nc12)NC(c1ccc(Cl)cc1)CC3. The first-order valence-corrected chi connectivity index (χ1v) is 8.70. The van der Waals surface area contributed by atoms with Crippen molar-refractivity contribution in [3.8, 4) is 0 Å². The van der Waals surface area contributed by atoms with E-state index in [-0.39, 0.29) is 17.5 Å². The molecule has 3 aromatic rings. The van der Waals surface area contributed by atoms with E-state index in [0.29, 0.717) is 28.5 Å². The molecule has 0 radical (unpaired) electrons. The molecule has 1 unspecified atom stereocenters. The average Bonchev–Trinajstić information content (AvgIpc) is 2.61. The van der Waals surface area contributed by atoms with Crippen molar-refractivity contribution in [2.24, 2.45) is 0 Å². The first-order valence-electron chi connectivity index (χ1n) is 8.32. The van der Waals surface area contributed by atoms with Crippen LogP contribution < -0.4 is 10.9 Å². The summed E-state index contributed by atoms with van der Waals surface area (Å²) in [6.45, 7) is 4.66. The molecule has 0 saturated carbocycles. The third kappa shape index (κ3) is 2.76. The molecule has 128 valence electrons. The number of rotatable bonds is 2. The highest BCUT2D eigenvalue weighted by Gasteiger charge is 2.24. The summed E-state index contributed by atoms with van der Waals surface area (Å²) in [5, 5.41) is 4.09. The summed E-state index contributed by atoms with van der Waals surface area (Å²) in [5.41, 5.74) is 2.76. The second-order valence-corrected chi connectivity index (χ2v) is 6.98. The van der Waals surface area contributed by atoms with E-state index in [9.17, 15) is 4.79 Å². The number of fused-ring (bicyclic) bond motifs is 2. The van der Waals surface area contributed by atoms with Crippen molar-refractivity contribution >= 4 is 28.6 Å². The number of hydrogen-bond donors (Lipinski definition) is 1. The monoisotopic (exact) mass is 355 g/mol. The summed E-state index contributed by atoms with van der Waals surface area (Å²) in [4.78, 5) is 26.0. The topological polar surface area (TPSA) is 72.7 Å². The first kappa shape index (κ1) is 16.0. The van der Waals surface area contributed by atoms with E-state index < -0.39 is 0 Å². The predicted octanol–water partition coefficient (Wildman–Crippen LogP) is 3.52. The van der Waals surface area contributed by atoms with E-state index in [4.69, 9.17) is 16.6 Å². The van der Waals surface area contributed by atoms with E-state index in [2.05, 4.69) is 15.3 Å². The van der Waals surface area contributed by atoms with Crippen LogP contribution in [0.3, 0.4) is 0 Å². The summed E-state index contributed by atoms with van der Waals surface area (Å²) in [5.74, 6) is 0.733. The normalized spacial score (nSPS) is 16.7. The Kier molecular flexibility index (Phi) is 3.92. The minimum absolute atomic E-state index is 0.0914. The molecule has 4 rings (SSSR count). The van der Waals surface area contributed by atoms with Gasteiger partial charge in [0.05, 0.1) is 11.7 Å². The Morgan fingerprint density at radius 2 is 1.96 bits per heavy atom. The molecule has 1 aromatic carbocycles. The minimum atomic E-state index is -0.119. The van der Waals surface area contributed by atoms with Gasteiger partial charge in [0, 0.05) is 11.6 Å². The summed E-state index contributed by atoms with van der Waals surface area (Å²) in [7, 11) is 0. The van der Waals surface area contributed by atoms with Crippen LogP contribution >= 0.6 is 11.6 Å². The molecule has 1 atom stereocenters. The number of halogens is 1. The van der Waals surface area contributed by atoms with Gasteiger partial charge in [-0.15, -0.1) is 0 Å². The van der Waals surface area contributed by atoms with Gasteiger partial charge in [0.25, 0.3) is 5.56 Å². The maximum absolute atomic E-state index is 12.8. The van der Waals surface area contributed by atoms with Gasteiger partial charge in [0.2, 0.25) is 5.95 Å². The fourth-order valence-electron chi connectivity index (χ4n) is 3.22. The van der Waals surface area contributed by atoms with Crippen LogP contribution in [-0.4, -0.2) is 19.5 Å².